The first-order chi connectivity index (χ1) is 35.3. The molecule has 0 aliphatic heterocycles. The van der Waals surface area contributed by atoms with E-state index in [0.717, 1.165) is 12.1 Å². The van der Waals surface area contributed by atoms with E-state index in [1.54, 1.807) is 0 Å². The Balaban J connectivity index is 0.00000344. The molecule has 0 spiro atoms. The van der Waals surface area contributed by atoms with Gasteiger partial charge in [0.25, 0.3) is 64.1 Å². The summed E-state index contributed by atoms with van der Waals surface area (Å²) in [5.41, 5.74) is 1.05. The zero-order chi connectivity index (χ0) is 55.6. The maximum atomic E-state index is 13.4. The molecule has 0 aliphatic carbocycles. The quantitative estimate of drug-likeness (QED) is 0.0550. The van der Waals surface area contributed by atoms with Crippen molar-refractivity contribution in [3.63, 3.8) is 0 Å². The number of carbonyl (C=O) groups is 5. The van der Waals surface area contributed by atoms with Crippen molar-refractivity contribution in [2.75, 3.05) is 31.9 Å². The number of carbonyl (C=O) groups excluding carboxylic acids is 5. The smallest absolute Gasteiger partial charge is 0.323 e. The Bertz CT molecular complexity index is 4040. The average Bonchev–Trinajstić information content (AvgIpc) is 4.08. The molecule has 35 heteroatoms. The van der Waals surface area contributed by atoms with Gasteiger partial charge in [-0.2, -0.15) is 33.7 Å². The molecule has 0 unspecified atom stereocenters. The normalized spacial score (nSPS) is 11.5. The first-order valence-electron chi connectivity index (χ1n) is 21.4. The van der Waals surface area contributed by atoms with Crippen molar-refractivity contribution < 1.29 is 75.9 Å². The van der Waals surface area contributed by atoms with Crippen molar-refractivity contribution in [2.45, 2.75) is 19.6 Å². The van der Waals surface area contributed by atoms with Gasteiger partial charge in [0.1, 0.15) is 32.6 Å². The van der Waals surface area contributed by atoms with Crippen molar-refractivity contribution in [3.8, 4) is 0 Å². The third-order valence-electron chi connectivity index (χ3n) is 11.4. The fourth-order valence-corrected chi connectivity index (χ4v) is 10.7. The fourth-order valence-electron chi connectivity index (χ4n) is 7.98. The number of anilines is 6. The minimum Gasteiger partial charge on any atom is -0.344 e. The summed E-state index contributed by atoms with van der Waals surface area (Å²) < 4.78 is 139. The molecule has 8 aromatic rings. The minimum absolute atomic E-state index is 0. The van der Waals surface area contributed by atoms with E-state index in [0.29, 0.717) is 12.1 Å². The largest absolute Gasteiger partial charge is 0.344 e. The Morgan fingerprint density at radius 3 is 0.875 bits per heavy atom. The Hall–Kier alpha value is -4.69. The maximum Gasteiger partial charge on any atom is 0.323 e. The number of aromatic nitrogens is 4. The Kier molecular flexibility index (Phi) is 21.9. The molecular weight excluding hydrogens is 1170 g/mol. The minimum atomic E-state index is -5.00. The Morgan fingerprint density at radius 1 is 0.350 bits per heavy atom. The summed E-state index contributed by atoms with van der Waals surface area (Å²) >= 11 is 0. The van der Waals surface area contributed by atoms with Crippen LogP contribution >= 0.6 is 0 Å². The summed E-state index contributed by atoms with van der Waals surface area (Å²) in [6.07, 6.45) is 5.76. The van der Waals surface area contributed by atoms with Gasteiger partial charge in [-0.05, 0) is 83.6 Å². The third kappa shape index (κ3) is 15.5. The van der Waals surface area contributed by atoms with Crippen LogP contribution < -0.4 is 31.9 Å². The van der Waals surface area contributed by atoms with Crippen molar-refractivity contribution in [2.24, 2.45) is 28.2 Å². The second-order valence-corrected chi connectivity index (χ2v) is 22.5. The van der Waals surface area contributed by atoms with Gasteiger partial charge in [0, 0.05) is 193 Å². The summed E-state index contributed by atoms with van der Waals surface area (Å²) in [6, 6.07) is 15.3. The van der Waals surface area contributed by atoms with Gasteiger partial charge in [0.15, 0.2) is 0 Å². The second kappa shape index (κ2) is 25.8. The number of fused-ring (bicyclic) bond motifs is 2. The molecule has 0 saturated carbocycles. The van der Waals surface area contributed by atoms with Gasteiger partial charge < -0.3 is 50.2 Å². The number of rotatable bonds is 14. The average molecular weight is 1210 g/mol. The summed E-state index contributed by atoms with van der Waals surface area (Å²) in [5, 5.41) is 15.4. The van der Waals surface area contributed by atoms with Crippen LogP contribution in [0.25, 0.3) is 21.5 Å². The third-order valence-corrected chi connectivity index (χ3v) is 14.9. The van der Waals surface area contributed by atoms with Gasteiger partial charge in [-0.1, -0.05) is 12.1 Å². The topological polar surface area (TPSA) is 395 Å². The Labute approximate surface area is 543 Å². The van der Waals surface area contributed by atoms with E-state index in [2.05, 4.69) is 31.9 Å². The number of nitrogens with zero attached hydrogens (tertiary/aromatic N) is 4. The van der Waals surface area contributed by atoms with Crippen molar-refractivity contribution in [1.29, 1.82) is 0 Å². The molecule has 80 heavy (non-hydrogen) atoms. The second-order valence-electron chi connectivity index (χ2n) is 16.9. The number of aryl methyl sites for hydroxylation is 4. The van der Waals surface area contributed by atoms with Gasteiger partial charge in [-0.15, -0.1) is 0 Å². The molecule has 27 nitrogen and oxygen atoms in total. The number of amides is 6. The number of hydrogen-bond acceptors (Lipinski definition) is 13. The van der Waals surface area contributed by atoms with Crippen molar-refractivity contribution in [1.82, 2.24) is 18.3 Å². The van der Waals surface area contributed by atoms with E-state index in [1.807, 2.05) is 0 Å². The van der Waals surface area contributed by atoms with Crippen LogP contribution in [-0.2, 0) is 68.7 Å². The molecule has 0 bridgehead atoms. The van der Waals surface area contributed by atoms with Gasteiger partial charge >= 0.3 is 6.03 Å². The summed E-state index contributed by atoms with van der Waals surface area (Å²) in [4.78, 5) is 63.4. The maximum absolute atomic E-state index is 13.4. The van der Waals surface area contributed by atoms with E-state index < -0.39 is 89.7 Å². The van der Waals surface area contributed by atoms with Gasteiger partial charge in [0.05, 0.1) is 32.5 Å². The van der Waals surface area contributed by atoms with Crippen LogP contribution in [0.2, 0.25) is 0 Å². The molecule has 400 valence electrons. The van der Waals surface area contributed by atoms with Gasteiger partial charge in [0.2, 0.25) is 0 Å². The molecule has 4 aromatic heterocycles. The SMILES string of the molecule is Cn1cc(NC(=O)Nc2cc(C(=O)Nc3cc(C(=O)Nc4ccc5cc(S(=O)(=O)O)cc(S(=O)(=O)O)c5c4)n(C)c3)n(C)c2)cc1C(=O)Nc1cc(C(=O)Nc2ccc3cc(S(=O)(=O)O)cc(S(=O)(=O)O)c3c2)n(C)c1.[Na].[Na].[Na].[Na]. The zero-order valence-corrected chi connectivity index (χ0v) is 54.7. The standard InChI is InChI=1S/C45H40N10O17S4.4Na/c1-52-19-27(13-35(52)41(56)46-25-7-5-23-9-31(73(61,62)63)17-39(33(23)11-25)75(67,68)69)48-43(58)37-15-29(21-54(37)3)50-45(60)51-30-16-38(55(4)22-30)44(59)49-28-14-36(53(2)20-28)42(57)47-26-8-6-24-10-32(74(64,65)66)18-40(34(24)12-26)76(70,71)72;;;;/h5-22H,1-4H3,(H,46,56)(H,47,57)(H,48,58)(H,49,59)(H2,50,51,60)(H,61,62,63)(H,64,65,66)(H,67,68,69)(H,70,71,72);;;;. The van der Waals surface area contributed by atoms with Crippen LogP contribution in [0, 0.1) is 0 Å². The molecule has 0 atom stereocenters. The number of hydrogen-bond donors (Lipinski definition) is 10. The molecule has 4 aromatic carbocycles. The molecular formula is C45H40N10Na4O17S4. The first-order valence-corrected chi connectivity index (χ1v) is 27.1. The molecule has 8 rings (SSSR count). The van der Waals surface area contributed by atoms with Crippen molar-refractivity contribution in [3.05, 3.63) is 132 Å². The van der Waals surface area contributed by atoms with Crippen LogP contribution in [0.1, 0.15) is 42.0 Å². The number of urea groups is 1. The zero-order valence-electron chi connectivity index (χ0n) is 43.4. The van der Waals surface area contributed by atoms with E-state index in [1.165, 1.54) is 132 Å². The van der Waals surface area contributed by atoms with E-state index in [-0.39, 0.29) is 197 Å². The van der Waals surface area contributed by atoms with Gasteiger partial charge in [-0.3, -0.25) is 37.4 Å². The molecule has 10 N–H and O–H groups in total. The van der Waals surface area contributed by atoms with Crippen LogP contribution in [0.15, 0.2) is 129 Å². The van der Waals surface area contributed by atoms with Crippen LogP contribution in [0.3, 0.4) is 0 Å². The molecule has 4 heterocycles. The Morgan fingerprint density at radius 2 is 0.613 bits per heavy atom. The van der Waals surface area contributed by atoms with Crippen LogP contribution in [0.4, 0.5) is 38.9 Å². The number of benzene rings is 4. The predicted octanol–water partition coefficient (Wildman–Crippen LogP) is 3.46. The molecule has 0 saturated heterocycles. The summed E-state index contributed by atoms with van der Waals surface area (Å²) in [7, 11) is -13.6. The monoisotopic (exact) mass is 1210 g/mol. The molecule has 0 aliphatic rings. The van der Waals surface area contributed by atoms with E-state index in [9.17, 15) is 75.9 Å². The van der Waals surface area contributed by atoms with Crippen LogP contribution in [0.5, 0.6) is 0 Å². The summed E-state index contributed by atoms with van der Waals surface area (Å²) in [6.45, 7) is 0. The molecule has 0 fully saturated rings. The molecule has 4 radical (unpaired) electrons. The van der Waals surface area contributed by atoms with Crippen LogP contribution in [-0.4, -0.2) is 218 Å². The molecule has 6 amide bonds. The summed E-state index contributed by atoms with van der Waals surface area (Å²) in [5.74, 6) is -2.70. The first kappa shape index (κ1) is 67.8. The van der Waals surface area contributed by atoms with Crippen molar-refractivity contribution >= 4 is 244 Å². The van der Waals surface area contributed by atoms with E-state index in [4.69, 9.17) is 0 Å². The van der Waals surface area contributed by atoms with Gasteiger partial charge in [-0.25, -0.2) is 4.79 Å². The van der Waals surface area contributed by atoms with E-state index >= 15 is 0 Å². The predicted molar refractivity (Wildman–Crippen MR) is 296 cm³/mol. The number of nitrogens with one attached hydrogen (secondary N) is 6. The fraction of sp³-hybridized carbons (Fsp3) is 0.0889.